The number of rotatable bonds is 9. The van der Waals surface area contributed by atoms with Gasteiger partial charge in [-0.15, -0.1) is 0 Å². The predicted molar refractivity (Wildman–Crippen MR) is 155 cm³/mol. The first-order valence-corrected chi connectivity index (χ1v) is 14.6. The summed E-state index contributed by atoms with van der Waals surface area (Å²) in [7, 11) is 0. The standard InChI is InChI=1S/C35H29F5O5/c1-2-3-4-13-34-18-42-35(43-19-34,44-20-34)25-11-9-22(10-12-25)21-5-7-23(8-6-21)24-14-27(36)31(28(37)15-24)33(41)45-26-16-29(38)32(40)30(39)17-26/h5-12,14-17H,2-4,13,18-20H2,1H3. The molecule has 4 aromatic carbocycles. The smallest absolute Gasteiger partial charge is 0.349 e. The van der Waals surface area contributed by atoms with Gasteiger partial charge in [0.15, 0.2) is 17.5 Å². The third kappa shape index (κ3) is 6.10. The maximum Gasteiger partial charge on any atom is 0.349 e. The first kappa shape index (κ1) is 30.9. The number of halogens is 5. The zero-order valence-corrected chi connectivity index (χ0v) is 24.3. The summed E-state index contributed by atoms with van der Waals surface area (Å²) < 4.78 is 92.8. The fourth-order valence-corrected chi connectivity index (χ4v) is 5.62. The minimum absolute atomic E-state index is 0.0978. The molecule has 2 bridgehead atoms. The monoisotopic (exact) mass is 624 g/mol. The van der Waals surface area contributed by atoms with Crippen molar-refractivity contribution in [2.24, 2.45) is 5.41 Å². The van der Waals surface area contributed by atoms with Crippen LogP contribution in [0.5, 0.6) is 5.75 Å². The Balaban J connectivity index is 1.13. The average molecular weight is 625 g/mol. The van der Waals surface area contributed by atoms with E-state index >= 15 is 0 Å². The first-order chi connectivity index (χ1) is 21.6. The summed E-state index contributed by atoms with van der Waals surface area (Å²) in [5, 5.41) is 0. The molecule has 3 heterocycles. The van der Waals surface area contributed by atoms with Gasteiger partial charge in [0.2, 0.25) is 0 Å². The molecule has 0 radical (unpaired) electrons. The molecule has 0 atom stereocenters. The highest BCUT2D eigenvalue weighted by atomic mass is 19.2. The molecule has 0 aromatic heterocycles. The number of ether oxygens (including phenoxy) is 4. The van der Waals surface area contributed by atoms with Crippen molar-refractivity contribution in [2.45, 2.75) is 38.6 Å². The van der Waals surface area contributed by atoms with Crippen molar-refractivity contribution in [1.29, 1.82) is 0 Å². The quantitative estimate of drug-likeness (QED) is 0.0613. The van der Waals surface area contributed by atoms with Crippen molar-refractivity contribution in [3.63, 3.8) is 0 Å². The van der Waals surface area contributed by atoms with Crippen LogP contribution in [0, 0.1) is 34.5 Å². The van der Waals surface area contributed by atoms with E-state index in [-0.39, 0.29) is 11.0 Å². The molecule has 0 aliphatic carbocycles. The number of carbonyl (C=O) groups is 1. The summed E-state index contributed by atoms with van der Waals surface area (Å²) in [6.07, 6.45) is 4.43. The summed E-state index contributed by atoms with van der Waals surface area (Å²) in [5.41, 5.74) is 1.93. The van der Waals surface area contributed by atoms with Gasteiger partial charge in [-0.1, -0.05) is 74.7 Å². The highest BCUT2D eigenvalue weighted by Crippen LogP contribution is 2.46. The van der Waals surface area contributed by atoms with Crippen LogP contribution in [-0.4, -0.2) is 25.8 Å². The van der Waals surface area contributed by atoms with Gasteiger partial charge in [0.25, 0.3) is 0 Å². The van der Waals surface area contributed by atoms with E-state index < -0.39 is 52.3 Å². The van der Waals surface area contributed by atoms with E-state index in [2.05, 4.69) is 11.7 Å². The van der Waals surface area contributed by atoms with Gasteiger partial charge < -0.3 is 18.9 Å². The Morgan fingerprint density at radius 3 is 1.69 bits per heavy atom. The molecular weight excluding hydrogens is 595 g/mol. The molecule has 234 valence electrons. The first-order valence-electron chi connectivity index (χ1n) is 14.6. The van der Waals surface area contributed by atoms with Crippen molar-refractivity contribution >= 4 is 5.97 Å². The summed E-state index contributed by atoms with van der Waals surface area (Å²) in [4.78, 5) is 12.4. The van der Waals surface area contributed by atoms with Crippen LogP contribution in [0.4, 0.5) is 22.0 Å². The van der Waals surface area contributed by atoms with Crippen LogP contribution >= 0.6 is 0 Å². The Morgan fingerprint density at radius 1 is 0.689 bits per heavy atom. The number of unbranched alkanes of at least 4 members (excludes halogenated alkanes) is 2. The lowest BCUT2D eigenvalue weighted by molar-refractivity contribution is -0.480. The minimum Gasteiger partial charge on any atom is -0.423 e. The lowest BCUT2D eigenvalue weighted by Crippen LogP contribution is -2.58. The number of benzene rings is 4. The zero-order chi connectivity index (χ0) is 31.8. The molecule has 5 nitrogen and oxygen atoms in total. The second kappa shape index (κ2) is 12.3. The topological polar surface area (TPSA) is 54.0 Å². The fourth-order valence-electron chi connectivity index (χ4n) is 5.62. The zero-order valence-electron chi connectivity index (χ0n) is 24.3. The Kier molecular flexibility index (Phi) is 8.47. The molecule has 3 aliphatic heterocycles. The largest absolute Gasteiger partial charge is 0.423 e. The molecule has 0 N–H and O–H groups in total. The molecule has 7 rings (SSSR count). The van der Waals surface area contributed by atoms with Crippen molar-refractivity contribution in [3.8, 4) is 28.0 Å². The van der Waals surface area contributed by atoms with E-state index in [1.54, 1.807) is 24.3 Å². The molecule has 45 heavy (non-hydrogen) atoms. The van der Waals surface area contributed by atoms with E-state index in [1.807, 2.05) is 24.3 Å². The molecule has 4 aromatic rings. The summed E-state index contributed by atoms with van der Waals surface area (Å²) in [6.45, 7) is 3.92. The van der Waals surface area contributed by atoms with Crippen LogP contribution in [0.3, 0.4) is 0 Å². The van der Waals surface area contributed by atoms with Gasteiger partial charge in [-0.2, -0.15) is 0 Å². The minimum atomic E-state index is -1.77. The molecule has 0 unspecified atom stereocenters. The van der Waals surface area contributed by atoms with E-state index in [1.165, 1.54) is 6.42 Å². The van der Waals surface area contributed by atoms with Crippen LogP contribution in [0.1, 0.15) is 48.5 Å². The van der Waals surface area contributed by atoms with E-state index in [9.17, 15) is 26.7 Å². The number of fused-ring (bicyclic) bond motifs is 3. The number of hydrogen-bond donors (Lipinski definition) is 0. The van der Waals surface area contributed by atoms with Crippen LogP contribution in [-0.2, 0) is 20.2 Å². The van der Waals surface area contributed by atoms with Crippen molar-refractivity contribution < 1.29 is 45.7 Å². The molecule has 0 spiro atoms. The van der Waals surface area contributed by atoms with Crippen molar-refractivity contribution in [2.75, 3.05) is 19.8 Å². The number of esters is 1. The van der Waals surface area contributed by atoms with Crippen LogP contribution < -0.4 is 4.74 Å². The normalized spacial score (nSPS) is 20.8. The average Bonchev–Trinajstić information content (AvgIpc) is 3.04. The second-order valence-electron chi connectivity index (χ2n) is 11.4. The van der Waals surface area contributed by atoms with Crippen molar-refractivity contribution in [1.82, 2.24) is 0 Å². The predicted octanol–water partition coefficient (Wildman–Crippen LogP) is 8.69. The van der Waals surface area contributed by atoms with Gasteiger partial charge in [-0.3, -0.25) is 0 Å². The number of hydrogen-bond acceptors (Lipinski definition) is 5. The van der Waals surface area contributed by atoms with Crippen LogP contribution in [0.15, 0.2) is 72.8 Å². The molecule has 3 saturated heterocycles. The molecule has 10 heteroatoms. The lowest BCUT2D eigenvalue weighted by Gasteiger charge is -2.52. The molecular formula is C35H29F5O5. The highest BCUT2D eigenvalue weighted by Gasteiger charge is 2.53. The van der Waals surface area contributed by atoms with Crippen LogP contribution in [0.2, 0.25) is 0 Å². The van der Waals surface area contributed by atoms with E-state index in [4.69, 9.17) is 14.2 Å². The van der Waals surface area contributed by atoms with Crippen LogP contribution in [0.25, 0.3) is 22.3 Å². The van der Waals surface area contributed by atoms with E-state index in [0.29, 0.717) is 37.5 Å². The molecule has 0 amide bonds. The SMILES string of the molecule is CCCCCC12COC(c3ccc(-c4ccc(-c5cc(F)c(C(=O)Oc6cc(F)c(F)c(F)c6)c(F)c5)cc4)cc3)(OC1)OC2. The van der Waals surface area contributed by atoms with Crippen molar-refractivity contribution in [3.05, 3.63) is 113 Å². The number of carbonyl (C=O) groups excluding carboxylic acids is 1. The van der Waals surface area contributed by atoms with Gasteiger partial charge in [-0.05, 0) is 40.8 Å². The maximum absolute atomic E-state index is 14.9. The Bertz CT molecular complexity index is 1650. The van der Waals surface area contributed by atoms with Gasteiger partial charge in [0.05, 0.1) is 19.8 Å². The third-order valence-electron chi connectivity index (χ3n) is 8.22. The summed E-state index contributed by atoms with van der Waals surface area (Å²) >= 11 is 0. The molecule has 3 aliphatic rings. The van der Waals surface area contributed by atoms with E-state index in [0.717, 1.165) is 48.1 Å². The molecule has 0 saturated carbocycles. The fraction of sp³-hybridized carbons (Fsp3) is 0.286. The molecule has 3 fully saturated rings. The van der Waals surface area contributed by atoms with Gasteiger partial charge >= 0.3 is 11.9 Å². The van der Waals surface area contributed by atoms with Gasteiger partial charge in [0.1, 0.15) is 22.9 Å². The Labute approximate surface area is 256 Å². The van der Waals surface area contributed by atoms with Gasteiger partial charge in [0, 0.05) is 23.1 Å². The summed E-state index contributed by atoms with van der Waals surface area (Å²) in [5.74, 6) is -11.0. The summed E-state index contributed by atoms with van der Waals surface area (Å²) in [6, 6.07) is 17.2. The third-order valence-corrected chi connectivity index (χ3v) is 8.22. The Morgan fingerprint density at radius 2 is 1.18 bits per heavy atom. The Hall–Kier alpha value is -4.12. The lowest BCUT2D eigenvalue weighted by atomic mass is 9.82. The maximum atomic E-state index is 14.9. The van der Waals surface area contributed by atoms with Gasteiger partial charge in [-0.25, -0.2) is 26.7 Å². The highest BCUT2D eigenvalue weighted by molar-refractivity contribution is 5.92. The second-order valence-corrected chi connectivity index (χ2v) is 11.4.